The maximum atomic E-state index is 12.1. The SMILES string of the molecule is CCCCOc1ccc(Nc2ncnc(N3CCN(Cc4ccc5c(c4)OCO5)CC3)c2[N+](=O)[O-])cc1. The lowest BCUT2D eigenvalue weighted by atomic mass is 10.1. The average Bonchev–Trinajstić information content (AvgIpc) is 3.38. The van der Waals surface area contributed by atoms with Gasteiger partial charge in [0.25, 0.3) is 0 Å². The minimum atomic E-state index is -0.418. The monoisotopic (exact) mass is 506 g/mol. The number of nitro groups is 1. The van der Waals surface area contributed by atoms with Crippen molar-refractivity contribution in [2.24, 2.45) is 0 Å². The Morgan fingerprint density at radius 1 is 1.05 bits per heavy atom. The standard InChI is InChI=1S/C26H30N6O5/c1-2-3-14-35-21-7-5-20(6-8-21)29-25-24(32(33)34)26(28-17-27-25)31-12-10-30(11-13-31)16-19-4-9-22-23(15-19)37-18-36-22/h4-9,15,17H,2-3,10-14,16,18H2,1H3,(H,27,28,29). The fourth-order valence-corrected chi connectivity index (χ4v) is 4.38. The summed E-state index contributed by atoms with van der Waals surface area (Å²) in [6.07, 6.45) is 3.42. The van der Waals surface area contributed by atoms with E-state index in [1.165, 1.54) is 6.33 Å². The zero-order valence-electron chi connectivity index (χ0n) is 20.8. The maximum Gasteiger partial charge on any atom is 0.353 e. The second kappa shape index (κ2) is 11.3. The third kappa shape index (κ3) is 5.83. The van der Waals surface area contributed by atoms with Gasteiger partial charge in [0.15, 0.2) is 11.5 Å². The molecule has 194 valence electrons. The zero-order chi connectivity index (χ0) is 25.6. The number of nitrogens with one attached hydrogen (secondary N) is 1. The number of nitrogens with zero attached hydrogens (tertiary/aromatic N) is 5. The van der Waals surface area contributed by atoms with Crippen molar-refractivity contribution in [2.45, 2.75) is 26.3 Å². The number of piperazine rings is 1. The fourth-order valence-electron chi connectivity index (χ4n) is 4.38. The van der Waals surface area contributed by atoms with Crippen LogP contribution in [0, 0.1) is 10.1 Å². The van der Waals surface area contributed by atoms with Crippen LogP contribution < -0.4 is 24.4 Å². The highest BCUT2D eigenvalue weighted by molar-refractivity contribution is 5.74. The second-order valence-corrected chi connectivity index (χ2v) is 8.95. The molecule has 0 atom stereocenters. The molecule has 0 bridgehead atoms. The third-order valence-electron chi connectivity index (χ3n) is 6.38. The summed E-state index contributed by atoms with van der Waals surface area (Å²) in [6.45, 7) is 6.52. The lowest BCUT2D eigenvalue weighted by Crippen LogP contribution is -2.46. The van der Waals surface area contributed by atoms with E-state index in [1.54, 1.807) is 0 Å². The molecule has 0 amide bonds. The number of benzene rings is 2. The minimum Gasteiger partial charge on any atom is -0.494 e. The van der Waals surface area contributed by atoms with Crippen molar-refractivity contribution in [3.8, 4) is 17.2 Å². The molecule has 1 N–H and O–H groups in total. The van der Waals surface area contributed by atoms with Crippen LogP contribution in [-0.4, -0.2) is 59.4 Å². The van der Waals surface area contributed by atoms with E-state index in [9.17, 15) is 10.1 Å². The van der Waals surface area contributed by atoms with Gasteiger partial charge in [0, 0.05) is 38.4 Å². The molecule has 1 aromatic heterocycles. The molecule has 3 heterocycles. The van der Waals surface area contributed by atoms with Crippen LogP contribution >= 0.6 is 0 Å². The van der Waals surface area contributed by atoms with Crippen molar-refractivity contribution in [1.29, 1.82) is 0 Å². The molecule has 0 spiro atoms. The predicted molar refractivity (Wildman–Crippen MR) is 139 cm³/mol. The first-order chi connectivity index (χ1) is 18.1. The number of hydrogen-bond donors (Lipinski definition) is 1. The van der Waals surface area contributed by atoms with Gasteiger partial charge in [-0.3, -0.25) is 15.0 Å². The van der Waals surface area contributed by atoms with Gasteiger partial charge in [-0.2, -0.15) is 0 Å². The smallest absolute Gasteiger partial charge is 0.353 e. The molecule has 3 aromatic rings. The number of hydrogen-bond acceptors (Lipinski definition) is 10. The van der Waals surface area contributed by atoms with E-state index in [1.807, 2.05) is 47.4 Å². The van der Waals surface area contributed by atoms with E-state index in [0.29, 0.717) is 31.2 Å². The Morgan fingerprint density at radius 2 is 1.84 bits per heavy atom. The lowest BCUT2D eigenvalue weighted by Gasteiger charge is -2.35. The second-order valence-electron chi connectivity index (χ2n) is 8.95. The van der Waals surface area contributed by atoms with Gasteiger partial charge in [-0.25, -0.2) is 9.97 Å². The number of rotatable bonds is 10. The van der Waals surface area contributed by atoms with E-state index in [0.717, 1.165) is 55.3 Å². The molecule has 5 rings (SSSR count). The maximum absolute atomic E-state index is 12.1. The van der Waals surface area contributed by atoms with Gasteiger partial charge in [0.05, 0.1) is 11.5 Å². The molecule has 2 aliphatic heterocycles. The van der Waals surface area contributed by atoms with Gasteiger partial charge in [0.2, 0.25) is 18.4 Å². The Bertz CT molecular complexity index is 1230. The minimum absolute atomic E-state index is 0.130. The molecule has 0 unspecified atom stereocenters. The summed E-state index contributed by atoms with van der Waals surface area (Å²) in [6, 6.07) is 13.3. The van der Waals surface area contributed by atoms with Gasteiger partial charge in [-0.15, -0.1) is 0 Å². The van der Waals surface area contributed by atoms with E-state index >= 15 is 0 Å². The number of anilines is 3. The lowest BCUT2D eigenvalue weighted by molar-refractivity contribution is -0.383. The van der Waals surface area contributed by atoms with Gasteiger partial charge in [-0.1, -0.05) is 19.4 Å². The van der Waals surface area contributed by atoms with Crippen LogP contribution in [0.3, 0.4) is 0 Å². The Labute approximate surface area is 215 Å². The van der Waals surface area contributed by atoms with E-state index in [2.05, 4.69) is 27.1 Å². The molecule has 1 fully saturated rings. The first-order valence-electron chi connectivity index (χ1n) is 12.5. The number of unbranched alkanes of at least 4 members (excludes halogenated alkanes) is 1. The van der Waals surface area contributed by atoms with Crippen LogP contribution in [0.5, 0.6) is 17.2 Å². The third-order valence-corrected chi connectivity index (χ3v) is 6.38. The normalized spacial score (nSPS) is 15.0. The van der Waals surface area contributed by atoms with Crippen molar-refractivity contribution < 1.29 is 19.1 Å². The summed E-state index contributed by atoms with van der Waals surface area (Å²) in [7, 11) is 0. The molecule has 0 aliphatic carbocycles. The summed E-state index contributed by atoms with van der Waals surface area (Å²) in [5.74, 6) is 2.79. The van der Waals surface area contributed by atoms with E-state index in [4.69, 9.17) is 14.2 Å². The molecular weight excluding hydrogens is 476 g/mol. The van der Waals surface area contributed by atoms with Crippen LogP contribution in [0.25, 0.3) is 0 Å². The highest BCUT2D eigenvalue weighted by atomic mass is 16.7. The summed E-state index contributed by atoms with van der Waals surface area (Å²) in [4.78, 5) is 24.4. The summed E-state index contributed by atoms with van der Waals surface area (Å²) in [5.41, 5.74) is 1.69. The number of ether oxygens (including phenoxy) is 3. The van der Waals surface area contributed by atoms with Crippen molar-refractivity contribution in [3.63, 3.8) is 0 Å². The summed E-state index contributed by atoms with van der Waals surface area (Å²) >= 11 is 0. The quantitative estimate of drug-likeness (QED) is 0.242. The molecule has 2 aromatic carbocycles. The Hall–Kier alpha value is -4.12. The molecule has 2 aliphatic rings. The van der Waals surface area contributed by atoms with Crippen LogP contribution in [0.15, 0.2) is 48.8 Å². The average molecular weight is 507 g/mol. The Morgan fingerprint density at radius 3 is 2.59 bits per heavy atom. The van der Waals surface area contributed by atoms with Crippen molar-refractivity contribution in [1.82, 2.24) is 14.9 Å². The molecule has 11 heteroatoms. The van der Waals surface area contributed by atoms with Crippen LogP contribution in [0.4, 0.5) is 23.0 Å². The predicted octanol–water partition coefficient (Wildman–Crippen LogP) is 4.36. The first-order valence-corrected chi connectivity index (χ1v) is 12.5. The summed E-state index contributed by atoms with van der Waals surface area (Å²) < 4.78 is 16.6. The van der Waals surface area contributed by atoms with Crippen LogP contribution in [-0.2, 0) is 6.54 Å². The highest BCUT2D eigenvalue weighted by Gasteiger charge is 2.29. The van der Waals surface area contributed by atoms with Crippen LogP contribution in [0.2, 0.25) is 0 Å². The van der Waals surface area contributed by atoms with Gasteiger partial charge < -0.3 is 24.4 Å². The largest absolute Gasteiger partial charge is 0.494 e. The zero-order valence-corrected chi connectivity index (χ0v) is 20.8. The molecule has 37 heavy (non-hydrogen) atoms. The topological polar surface area (TPSA) is 115 Å². The van der Waals surface area contributed by atoms with E-state index < -0.39 is 4.92 Å². The van der Waals surface area contributed by atoms with Crippen LogP contribution in [0.1, 0.15) is 25.3 Å². The number of aromatic nitrogens is 2. The Kier molecular flexibility index (Phi) is 7.50. The number of fused-ring (bicyclic) bond motifs is 1. The fraction of sp³-hybridized carbons (Fsp3) is 0.385. The van der Waals surface area contributed by atoms with Crippen molar-refractivity contribution >= 4 is 23.0 Å². The van der Waals surface area contributed by atoms with E-state index in [-0.39, 0.29) is 18.3 Å². The molecule has 1 saturated heterocycles. The van der Waals surface area contributed by atoms with Crippen molar-refractivity contribution in [3.05, 3.63) is 64.5 Å². The molecule has 11 nitrogen and oxygen atoms in total. The molecule has 0 saturated carbocycles. The highest BCUT2D eigenvalue weighted by Crippen LogP contribution is 2.35. The summed E-state index contributed by atoms with van der Waals surface area (Å²) in [5, 5.41) is 15.2. The first kappa shape index (κ1) is 24.6. The van der Waals surface area contributed by atoms with Crippen molar-refractivity contribution in [2.75, 3.05) is 49.8 Å². The molecular formula is C26H30N6O5. The van der Waals surface area contributed by atoms with Gasteiger partial charge in [0.1, 0.15) is 12.1 Å². The Balaban J connectivity index is 1.24. The molecule has 0 radical (unpaired) electrons. The van der Waals surface area contributed by atoms with Gasteiger partial charge in [-0.05, 0) is 48.4 Å². The van der Waals surface area contributed by atoms with Gasteiger partial charge >= 0.3 is 5.69 Å².